The van der Waals surface area contributed by atoms with Crippen LogP contribution in [-0.4, -0.2) is 26.6 Å². The molecule has 0 unspecified atom stereocenters. The first kappa shape index (κ1) is 18.7. The smallest absolute Gasteiger partial charge is 0.234 e. The predicted octanol–water partition coefficient (Wildman–Crippen LogP) is 3.38. The number of aromatic nitrogens is 3. The molecule has 0 aliphatic rings. The van der Waals surface area contributed by atoms with Crippen molar-refractivity contribution >= 4 is 40.9 Å². The van der Waals surface area contributed by atoms with E-state index in [0.29, 0.717) is 23.3 Å². The van der Waals surface area contributed by atoms with E-state index in [9.17, 15) is 4.79 Å². The van der Waals surface area contributed by atoms with Crippen molar-refractivity contribution in [2.45, 2.75) is 12.7 Å². The lowest BCUT2D eigenvalue weighted by molar-refractivity contribution is -0.113. The number of carbonyl (C=O) groups is 1. The fourth-order valence-electron chi connectivity index (χ4n) is 2.34. The Morgan fingerprint density at radius 1 is 1.04 bits per heavy atom. The number of amides is 1. The van der Waals surface area contributed by atoms with Crippen LogP contribution in [-0.2, 0) is 10.5 Å². The predicted molar refractivity (Wildman–Crippen MR) is 110 cm³/mol. The number of hydrogen-bond donors (Lipinski definition) is 3. The minimum absolute atomic E-state index is 0.0704. The van der Waals surface area contributed by atoms with Gasteiger partial charge in [0.15, 0.2) is 0 Å². The Kier molecular flexibility index (Phi) is 6.22. The van der Waals surface area contributed by atoms with Gasteiger partial charge in [-0.3, -0.25) is 4.79 Å². The number of hydrogen-bond acceptors (Lipinski definition) is 7. The molecule has 1 amide bonds. The monoisotopic (exact) mass is 380 g/mol. The second-order valence-corrected chi connectivity index (χ2v) is 6.77. The van der Waals surface area contributed by atoms with Gasteiger partial charge in [-0.2, -0.15) is 15.0 Å². The summed E-state index contributed by atoms with van der Waals surface area (Å²) in [5, 5.41) is 5.99. The summed E-state index contributed by atoms with van der Waals surface area (Å²) in [5.41, 5.74) is 8.48. The van der Waals surface area contributed by atoms with Crippen LogP contribution < -0.4 is 16.4 Å². The summed E-state index contributed by atoms with van der Waals surface area (Å²) < 4.78 is 0. The fourth-order valence-corrected chi connectivity index (χ4v) is 3.01. The van der Waals surface area contributed by atoms with Crippen molar-refractivity contribution < 1.29 is 4.79 Å². The summed E-state index contributed by atoms with van der Waals surface area (Å²) in [7, 11) is 0. The van der Waals surface area contributed by atoms with E-state index in [1.807, 2.05) is 61.5 Å². The maximum Gasteiger partial charge on any atom is 0.234 e. The Hall–Kier alpha value is -3.13. The molecule has 0 bridgehead atoms. The minimum Gasteiger partial charge on any atom is -0.368 e. The van der Waals surface area contributed by atoms with Gasteiger partial charge in [-0.1, -0.05) is 36.4 Å². The highest BCUT2D eigenvalue weighted by atomic mass is 32.2. The number of nitrogens with zero attached hydrogens (tertiary/aromatic N) is 3. The Labute approximate surface area is 161 Å². The van der Waals surface area contributed by atoms with Gasteiger partial charge in [0.25, 0.3) is 0 Å². The van der Waals surface area contributed by atoms with E-state index < -0.39 is 0 Å². The first-order valence-electron chi connectivity index (χ1n) is 8.36. The number of benzene rings is 2. The summed E-state index contributed by atoms with van der Waals surface area (Å²) in [6.07, 6.45) is 0. The van der Waals surface area contributed by atoms with E-state index in [1.54, 1.807) is 0 Å². The number of para-hydroxylation sites is 2. The molecule has 1 aromatic heterocycles. The lowest BCUT2D eigenvalue weighted by Crippen LogP contribution is -2.15. The minimum atomic E-state index is -0.0704. The van der Waals surface area contributed by atoms with Gasteiger partial charge in [0, 0.05) is 11.4 Å². The van der Waals surface area contributed by atoms with E-state index in [-0.39, 0.29) is 11.9 Å². The molecule has 7 nitrogen and oxygen atoms in total. The van der Waals surface area contributed by atoms with Crippen LogP contribution in [0.15, 0.2) is 54.6 Å². The number of nitrogens with one attached hydrogen (secondary N) is 2. The van der Waals surface area contributed by atoms with E-state index in [1.165, 1.54) is 11.8 Å². The lowest BCUT2D eigenvalue weighted by Gasteiger charge is -2.08. The summed E-state index contributed by atoms with van der Waals surface area (Å²) in [6, 6.07) is 17.2. The van der Waals surface area contributed by atoms with Crippen molar-refractivity contribution in [1.29, 1.82) is 0 Å². The molecule has 2 aromatic carbocycles. The van der Waals surface area contributed by atoms with Crippen molar-refractivity contribution in [2.75, 3.05) is 22.1 Å². The van der Waals surface area contributed by atoms with Crippen molar-refractivity contribution in [3.63, 3.8) is 0 Å². The zero-order valence-electron chi connectivity index (χ0n) is 14.8. The van der Waals surface area contributed by atoms with Crippen LogP contribution in [0, 0.1) is 6.92 Å². The Morgan fingerprint density at radius 3 is 2.56 bits per heavy atom. The average molecular weight is 380 g/mol. The number of anilines is 4. The van der Waals surface area contributed by atoms with Gasteiger partial charge in [-0.15, -0.1) is 11.8 Å². The van der Waals surface area contributed by atoms with Gasteiger partial charge in [-0.05, 0) is 30.7 Å². The normalized spacial score (nSPS) is 10.4. The van der Waals surface area contributed by atoms with Gasteiger partial charge in [-0.25, -0.2) is 0 Å². The summed E-state index contributed by atoms with van der Waals surface area (Å²) in [6.45, 7) is 1.96. The van der Waals surface area contributed by atoms with E-state index in [4.69, 9.17) is 5.73 Å². The van der Waals surface area contributed by atoms with Gasteiger partial charge in [0.05, 0.1) is 11.5 Å². The highest BCUT2D eigenvalue weighted by Crippen LogP contribution is 2.17. The molecule has 3 rings (SSSR count). The number of rotatable bonds is 7. The summed E-state index contributed by atoms with van der Waals surface area (Å²) in [4.78, 5) is 24.7. The van der Waals surface area contributed by atoms with Crippen molar-refractivity contribution in [3.05, 3.63) is 66.0 Å². The van der Waals surface area contributed by atoms with Gasteiger partial charge in [0.2, 0.25) is 17.8 Å². The maximum atomic E-state index is 12.1. The second kappa shape index (κ2) is 9.00. The molecule has 0 fully saturated rings. The maximum absolute atomic E-state index is 12.1. The third-order valence-electron chi connectivity index (χ3n) is 3.61. The molecule has 3 aromatic rings. The van der Waals surface area contributed by atoms with Crippen LogP contribution in [0.1, 0.15) is 11.4 Å². The number of nitrogens with two attached hydrogens (primary N) is 1. The first-order valence-corrected chi connectivity index (χ1v) is 9.51. The molecule has 0 saturated heterocycles. The average Bonchev–Trinajstić information content (AvgIpc) is 2.64. The van der Waals surface area contributed by atoms with E-state index in [0.717, 1.165) is 16.9 Å². The molecule has 0 saturated carbocycles. The largest absolute Gasteiger partial charge is 0.368 e. The van der Waals surface area contributed by atoms with E-state index in [2.05, 4.69) is 25.6 Å². The number of carbonyl (C=O) groups excluding carboxylic acids is 1. The van der Waals surface area contributed by atoms with Crippen LogP contribution in [0.5, 0.6) is 0 Å². The quantitative estimate of drug-likeness (QED) is 0.577. The number of thioether (sulfide) groups is 1. The number of nitrogen functional groups attached to an aromatic ring is 1. The topological polar surface area (TPSA) is 106 Å². The Bertz CT molecular complexity index is 919. The highest BCUT2D eigenvalue weighted by Gasteiger charge is 2.08. The number of aryl methyl sites for hydroxylation is 1. The first-order chi connectivity index (χ1) is 13.1. The molecule has 1 heterocycles. The van der Waals surface area contributed by atoms with Crippen molar-refractivity contribution in [2.24, 2.45) is 0 Å². The van der Waals surface area contributed by atoms with Gasteiger partial charge in [0.1, 0.15) is 5.82 Å². The third-order valence-corrected chi connectivity index (χ3v) is 4.54. The van der Waals surface area contributed by atoms with E-state index >= 15 is 0 Å². The van der Waals surface area contributed by atoms with Gasteiger partial charge < -0.3 is 16.4 Å². The van der Waals surface area contributed by atoms with Crippen LogP contribution in [0.25, 0.3) is 0 Å². The Balaban J connectivity index is 1.55. The Morgan fingerprint density at radius 2 is 1.78 bits per heavy atom. The van der Waals surface area contributed by atoms with Crippen LogP contribution in [0.2, 0.25) is 0 Å². The molecule has 0 radical (unpaired) electrons. The molecule has 27 heavy (non-hydrogen) atoms. The standard InChI is InChI=1S/C19H20N6OS/c1-13-7-5-6-10-15(13)22-17(26)12-27-11-16-23-18(20)25-19(24-16)21-14-8-3-2-4-9-14/h2-10H,11-12H2,1H3,(H,22,26)(H3,20,21,23,24,25). The molecule has 138 valence electrons. The summed E-state index contributed by atoms with van der Waals surface area (Å²) >= 11 is 1.42. The zero-order valence-corrected chi connectivity index (χ0v) is 15.7. The summed E-state index contributed by atoms with van der Waals surface area (Å²) in [5.74, 6) is 1.73. The molecule has 0 spiro atoms. The second-order valence-electron chi connectivity index (χ2n) is 5.78. The molecular weight excluding hydrogens is 360 g/mol. The van der Waals surface area contributed by atoms with Crippen LogP contribution >= 0.6 is 11.8 Å². The fraction of sp³-hybridized carbons (Fsp3) is 0.158. The molecule has 8 heteroatoms. The zero-order chi connectivity index (χ0) is 19.1. The molecular formula is C19H20N6OS. The van der Waals surface area contributed by atoms with Crippen LogP contribution in [0.4, 0.5) is 23.3 Å². The SMILES string of the molecule is Cc1ccccc1NC(=O)CSCc1nc(N)nc(Nc2ccccc2)n1. The van der Waals surface area contributed by atoms with Crippen molar-refractivity contribution in [3.8, 4) is 0 Å². The molecule has 0 aliphatic carbocycles. The lowest BCUT2D eigenvalue weighted by atomic mass is 10.2. The molecule has 0 aliphatic heterocycles. The molecule has 0 atom stereocenters. The molecule has 4 N–H and O–H groups in total. The highest BCUT2D eigenvalue weighted by molar-refractivity contribution is 7.99. The third kappa shape index (κ3) is 5.68. The van der Waals surface area contributed by atoms with Crippen LogP contribution in [0.3, 0.4) is 0 Å². The van der Waals surface area contributed by atoms with Gasteiger partial charge >= 0.3 is 0 Å². The van der Waals surface area contributed by atoms with Crippen molar-refractivity contribution in [1.82, 2.24) is 15.0 Å².